The molecular weight excluding hydrogens is 400 g/mol. The van der Waals surface area contributed by atoms with Gasteiger partial charge in [-0.15, -0.1) is 0 Å². The van der Waals surface area contributed by atoms with E-state index >= 15 is 0 Å². The maximum atomic E-state index is 13.2. The molecule has 0 radical (unpaired) electrons. The Morgan fingerprint density at radius 2 is 1.83 bits per heavy atom. The molecule has 2 aromatic rings. The number of rotatable bonds is 8. The van der Waals surface area contributed by atoms with Crippen LogP contribution >= 0.6 is 11.6 Å². The van der Waals surface area contributed by atoms with E-state index in [1.807, 2.05) is 42.5 Å². The second-order valence-corrected chi connectivity index (χ2v) is 8.28. The molecule has 0 saturated heterocycles. The predicted molar refractivity (Wildman–Crippen MR) is 119 cm³/mol. The third kappa shape index (κ3) is 5.99. The SMILES string of the molecule is COc1ccc(CC(=O)N(Cc2cccc(Cl)c2)[C@H](C)C(=O)NC2CCCC2)cc1. The van der Waals surface area contributed by atoms with E-state index in [1.54, 1.807) is 25.0 Å². The number of amides is 2. The molecule has 2 aromatic carbocycles. The van der Waals surface area contributed by atoms with Crippen LogP contribution in [0.15, 0.2) is 48.5 Å². The van der Waals surface area contributed by atoms with Gasteiger partial charge in [0.1, 0.15) is 11.8 Å². The standard InChI is InChI=1S/C24H29ClN2O3/c1-17(24(29)26-21-8-3-4-9-21)27(16-19-6-5-7-20(25)14-19)23(28)15-18-10-12-22(30-2)13-11-18/h5-7,10-14,17,21H,3-4,8-9,15-16H2,1-2H3,(H,26,29)/t17-/m1/s1. The van der Waals surface area contributed by atoms with Crippen LogP contribution in [0.2, 0.25) is 5.02 Å². The average molecular weight is 429 g/mol. The summed E-state index contributed by atoms with van der Waals surface area (Å²) in [6, 6.07) is 14.4. The molecule has 2 amide bonds. The van der Waals surface area contributed by atoms with Gasteiger partial charge in [0.25, 0.3) is 0 Å². The second-order valence-electron chi connectivity index (χ2n) is 7.84. The molecule has 3 rings (SSSR count). The molecule has 1 atom stereocenters. The summed E-state index contributed by atoms with van der Waals surface area (Å²) in [4.78, 5) is 27.8. The van der Waals surface area contributed by atoms with Gasteiger partial charge in [0, 0.05) is 17.6 Å². The highest BCUT2D eigenvalue weighted by Gasteiger charge is 2.28. The van der Waals surface area contributed by atoms with Gasteiger partial charge in [-0.05, 0) is 55.2 Å². The van der Waals surface area contributed by atoms with Crippen LogP contribution in [0, 0.1) is 0 Å². The number of ether oxygens (including phenoxy) is 1. The van der Waals surface area contributed by atoms with Crippen LogP contribution in [0.1, 0.15) is 43.7 Å². The third-order valence-electron chi connectivity index (χ3n) is 5.63. The fraction of sp³-hybridized carbons (Fsp3) is 0.417. The minimum Gasteiger partial charge on any atom is -0.497 e. The number of nitrogens with zero attached hydrogens (tertiary/aromatic N) is 1. The average Bonchev–Trinajstić information content (AvgIpc) is 3.25. The molecule has 0 bridgehead atoms. The Bertz CT molecular complexity index is 863. The molecule has 1 aliphatic rings. The van der Waals surface area contributed by atoms with Gasteiger partial charge >= 0.3 is 0 Å². The molecule has 160 valence electrons. The molecule has 0 unspecified atom stereocenters. The molecule has 1 aliphatic carbocycles. The highest BCUT2D eigenvalue weighted by Crippen LogP contribution is 2.20. The first-order valence-corrected chi connectivity index (χ1v) is 10.8. The van der Waals surface area contributed by atoms with Crippen LogP contribution in [0.5, 0.6) is 5.75 Å². The van der Waals surface area contributed by atoms with E-state index in [-0.39, 0.29) is 24.3 Å². The fourth-order valence-corrected chi connectivity index (χ4v) is 4.04. The summed E-state index contributed by atoms with van der Waals surface area (Å²) in [5.74, 6) is 0.535. The minimum atomic E-state index is -0.574. The van der Waals surface area contributed by atoms with Crippen LogP contribution in [0.3, 0.4) is 0 Å². The number of halogens is 1. The van der Waals surface area contributed by atoms with Crippen LogP contribution in [0.25, 0.3) is 0 Å². The zero-order valence-electron chi connectivity index (χ0n) is 17.6. The Labute approximate surface area is 183 Å². The smallest absolute Gasteiger partial charge is 0.242 e. The lowest BCUT2D eigenvalue weighted by molar-refractivity contribution is -0.140. The Morgan fingerprint density at radius 1 is 1.13 bits per heavy atom. The second kappa shape index (κ2) is 10.5. The van der Waals surface area contributed by atoms with Crippen molar-refractivity contribution in [3.63, 3.8) is 0 Å². The van der Waals surface area contributed by atoms with Crippen molar-refractivity contribution in [3.05, 3.63) is 64.7 Å². The molecular formula is C24H29ClN2O3. The molecule has 6 heteroatoms. The van der Waals surface area contributed by atoms with Crippen LogP contribution < -0.4 is 10.1 Å². The molecule has 1 N–H and O–H groups in total. The number of hydrogen-bond acceptors (Lipinski definition) is 3. The van der Waals surface area contributed by atoms with Crippen molar-refractivity contribution in [1.82, 2.24) is 10.2 Å². The first kappa shape index (κ1) is 22.2. The predicted octanol–water partition coefficient (Wildman–Crippen LogP) is 4.37. The van der Waals surface area contributed by atoms with Crippen molar-refractivity contribution in [2.75, 3.05) is 7.11 Å². The lowest BCUT2D eigenvalue weighted by Gasteiger charge is -2.30. The molecule has 5 nitrogen and oxygen atoms in total. The number of nitrogens with one attached hydrogen (secondary N) is 1. The molecule has 0 spiro atoms. The first-order valence-electron chi connectivity index (χ1n) is 10.4. The maximum absolute atomic E-state index is 13.2. The van der Waals surface area contributed by atoms with Gasteiger partial charge in [-0.3, -0.25) is 9.59 Å². The van der Waals surface area contributed by atoms with Crippen molar-refractivity contribution in [2.45, 2.75) is 57.7 Å². The van der Waals surface area contributed by atoms with E-state index in [2.05, 4.69) is 5.32 Å². The Hall–Kier alpha value is -2.53. The van der Waals surface area contributed by atoms with Crippen molar-refractivity contribution in [1.29, 1.82) is 0 Å². The summed E-state index contributed by atoms with van der Waals surface area (Å²) < 4.78 is 5.18. The van der Waals surface area contributed by atoms with Crippen molar-refractivity contribution in [2.24, 2.45) is 0 Å². The highest BCUT2D eigenvalue weighted by molar-refractivity contribution is 6.30. The fourth-order valence-electron chi connectivity index (χ4n) is 3.83. The lowest BCUT2D eigenvalue weighted by Crippen LogP contribution is -2.50. The van der Waals surface area contributed by atoms with E-state index in [9.17, 15) is 9.59 Å². The van der Waals surface area contributed by atoms with E-state index in [0.717, 1.165) is 42.6 Å². The van der Waals surface area contributed by atoms with Gasteiger partial charge < -0.3 is 15.0 Å². The summed E-state index contributed by atoms with van der Waals surface area (Å²) >= 11 is 6.13. The van der Waals surface area contributed by atoms with E-state index in [0.29, 0.717) is 11.6 Å². The van der Waals surface area contributed by atoms with E-state index in [1.165, 1.54) is 0 Å². The summed E-state index contributed by atoms with van der Waals surface area (Å²) in [6.07, 6.45) is 4.51. The van der Waals surface area contributed by atoms with Gasteiger partial charge in [-0.2, -0.15) is 0 Å². The Balaban J connectivity index is 1.75. The van der Waals surface area contributed by atoms with E-state index < -0.39 is 6.04 Å². The number of carbonyl (C=O) groups is 2. The zero-order valence-corrected chi connectivity index (χ0v) is 18.3. The van der Waals surface area contributed by atoms with Gasteiger partial charge in [0.05, 0.1) is 13.5 Å². The van der Waals surface area contributed by atoms with Crippen LogP contribution in [0.4, 0.5) is 0 Å². The summed E-state index contributed by atoms with van der Waals surface area (Å²) in [7, 11) is 1.61. The number of hydrogen-bond donors (Lipinski definition) is 1. The third-order valence-corrected chi connectivity index (χ3v) is 5.86. The molecule has 0 aliphatic heterocycles. The summed E-state index contributed by atoms with van der Waals surface area (Å²) in [5.41, 5.74) is 1.77. The molecule has 0 aromatic heterocycles. The number of methoxy groups -OCH3 is 1. The number of carbonyl (C=O) groups excluding carboxylic acids is 2. The zero-order chi connectivity index (χ0) is 21.5. The van der Waals surface area contributed by atoms with Gasteiger partial charge in [0.2, 0.25) is 11.8 Å². The maximum Gasteiger partial charge on any atom is 0.242 e. The van der Waals surface area contributed by atoms with Crippen molar-refractivity contribution < 1.29 is 14.3 Å². The first-order chi connectivity index (χ1) is 14.5. The Kier molecular flexibility index (Phi) is 7.75. The van der Waals surface area contributed by atoms with Gasteiger partial charge in [-0.25, -0.2) is 0 Å². The van der Waals surface area contributed by atoms with Gasteiger partial charge in [0.15, 0.2) is 0 Å². The number of benzene rings is 2. The van der Waals surface area contributed by atoms with Crippen molar-refractivity contribution in [3.8, 4) is 5.75 Å². The van der Waals surface area contributed by atoms with Gasteiger partial charge in [-0.1, -0.05) is 48.7 Å². The minimum absolute atomic E-state index is 0.103. The molecule has 1 saturated carbocycles. The Morgan fingerprint density at radius 3 is 2.47 bits per heavy atom. The molecule has 0 heterocycles. The lowest BCUT2D eigenvalue weighted by atomic mass is 10.1. The van der Waals surface area contributed by atoms with E-state index in [4.69, 9.17) is 16.3 Å². The largest absolute Gasteiger partial charge is 0.497 e. The van der Waals surface area contributed by atoms with Crippen LogP contribution in [-0.4, -0.2) is 35.9 Å². The monoisotopic (exact) mass is 428 g/mol. The summed E-state index contributed by atoms with van der Waals surface area (Å²) in [5, 5.41) is 3.72. The normalized spacial score (nSPS) is 14.9. The quantitative estimate of drug-likeness (QED) is 0.679. The summed E-state index contributed by atoms with van der Waals surface area (Å²) in [6.45, 7) is 2.12. The molecule has 30 heavy (non-hydrogen) atoms. The topological polar surface area (TPSA) is 58.6 Å². The highest BCUT2D eigenvalue weighted by atomic mass is 35.5. The molecule has 1 fully saturated rings. The van der Waals surface area contributed by atoms with Crippen molar-refractivity contribution >= 4 is 23.4 Å². The van der Waals surface area contributed by atoms with Crippen LogP contribution in [-0.2, 0) is 22.6 Å².